The maximum absolute atomic E-state index is 11.9. The number of aliphatic hydroxyl groups is 1. The summed E-state index contributed by atoms with van der Waals surface area (Å²) in [4.78, 5) is 11.9. The normalized spacial score (nSPS) is 27.8. The van der Waals surface area contributed by atoms with Crippen LogP contribution in [0.25, 0.3) is 0 Å². The Morgan fingerprint density at radius 1 is 1.07 bits per heavy atom. The molecule has 1 aliphatic heterocycles. The number of carboxylic acids is 1. The van der Waals surface area contributed by atoms with Crippen LogP contribution in [0.1, 0.15) is 125 Å². The van der Waals surface area contributed by atoms with Gasteiger partial charge in [-0.1, -0.05) is 85.3 Å². The smallest absolute Gasteiger partial charge is 0.331 e. The van der Waals surface area contributed by atoms with Crippen molar-refractivity contribution >= 4 is 14.3 Å². The average molecular weight is 583 g/mol. The first-order valence-corrected chi connectivity index (χ1v) is 19.3. The van der Waals surface area contributed by atoms with Gasteiger partial charge in [-0.05, 0) is 80.8 Å². The van der Waals surface area contributed by atoms with Gasteiger partial charge < -0.3 is 24.1 Å². The zero-order valence-corrected chi connectivity index (χ0v) is 27.8. The minimum Gasteiger partial charge on any atom is -0.479 e. The predicted octanol–water partition coefficient (Wildman–Crippen LogP) is 8.48. The number of carbonyl (C=O) groups is 1. The Bertz CT molecular complexity index is 742. The highest BCUT2D eigenvalue weighted by molar-refractivity contribution is 6.74. The van der Waals surface area contributed by atoms with Gasteiger partial charge in [-0.25, -0.2) is 4.79 Å². The lowest BCUT2D eigenvalue weighted by Crippen LogP contribution is -2.46. The van der Waals surface area contributed by atoms with Crippen molar-refractivity contribution in [1.82, 2.24) is 0 Å². The molecule has 1 heterocycles. The van der Waals surface area contributed by atoms with Crippen LogP contribution in [-0.2, 0) is 18.7 Å². The molecule has 0 spiro atoms. The van der Waals surface area contributed by atoms with E-state index in [2.05, 4.69) is 59.9 Å². The third-order valence-electron chi connectivity index (χ3n) is 9.68. The Labute approximate surface area is 246 Å². The van der Waals surface area contributed by atoms with Gasteiger partial charge in [0.05, 0.1) is 12.2 Å². The summed E-state index contributed by atoms with van der Waals surface area (Å²) >= 11 is 0. The number of hydrogen-bond acceptors (Lipinski definition) is 5. The molecule has 0 aromatic rings. The topological polar surface area (TPSA) is 85.2 Å². The molecule has 2 N–H and O–H groups in total. The number of hydrogen-bond donors (Lipinski definition) is 2. The number of ether oxygens (including phenoxy) is 2. The average Bonchev–Trinajstić information content (AvgIpc) is 3.16. The van der Waals surface area contributed by atoms with Gasteiger partial charge in [-0.2, -0.15) is 0 Å². The fourth-order valence-corrected chi connectivity index (χ4v) is 7.31. The van der Waals surface area contributed by atoms with Crippen LogP contribution in [-0.4, -0.2) is 55.7 Å². The molecule has 1 saturated carbocycles. The molecule has 0 bridgehead atoms. The summed E-state index contributed by atoms with van der Waals surface area (Å²) in [7, 11) is -2.16. The SMILES string of the molecule is CCCCCC(C)CCC[C@H]1C(OC2CCCCO2)C[C@H](O)[C@@H]1CC=CCCC(O[Si](C)(C)C(C)(C)C)C(=O)O. The highest BCUT2D eigenvalue weighted by Crippen LogP contribution is 2.42. The summed E-state index contributed by atoms with van der Waals surface area (Å²) in [6, 6.07) is 0. The third kappa shape index (κ3) is 11.9. The van der Waals surface area contributed by atoms with Gasteiger partial charge >= 0.3 is 5.97 Å². The zero-order valence-electron chi connectivity index (χ0n) is 26.8. The summed E-state index contributed by atoms with van der Waals surface area (Å²) in [5, 5.41) is 20.8. The lowest BCUT2D eigenvalue weighted by molar-refractivity contribution is -0.196. The molecule has 2 rings (SSSR count). The van der Waals surface area contributed by atoms with Crippen molar-refractivity contribution in [2.24, 2.45) is 17.8 Å². The second kappa shape index (κ2) is 17.4. The Balaban J connectivity index is 1.94. The number of unbranched alkanes of at least 4 members (excludes halogenated alkanes) is 2. The Hall–Kier alpha value is -0.733. The van der Waals surface area contributed by atoms with E-state index in [1.54, 1.807) is 0 Å². The maximum atomic E-state index is 11.9. The Morgan fingerprint density at radius 2 is 1.80 bits per heavy atom. The maximum Gasteiger partial charge on any atom is 0.331 e. The van der Waals surface area contributed by atoms with Crippen LogP contribution in [0.5, 0.6) is 0 Å². The molecule has 7 atom stereocenters. The molecular weight excluding hydrogens is 520 g/mol. The van der Waals surface area contributed by atoms with Gasteiger partial charge in [0, 0.05) is 13.0 Å². The number of rotatable bonds is 18. The van der Waals surface area contributed by atoms with E-state index in [1.807, 2.05) is 0 Å². The molecule has 7 heteroatoms. The molecule has 1 saturated heterocycles. The molecule has 0 aromatic heterocycles. The van der Waals surface area contributed by atoms with E-state index in [-0.39, 0.29) is 29.5 Å². The van der Waals surface area contributed by atoms with Crippen molar-refractivity contribution < 1.29 is 28.9 Å². The summed E-state index contributed by atoms with van der Waals surface area (Å²) in [5.41, 5.74) is 0. The molecule has 2 fully saturated rings. The molecule has 40 heavy (non-hydrogen) atoms. The van der Waals surface area contributed by atoms with Gasteiger partial charge in [0.1, 0.15) is 6.10 Å². The molecule has 0 radical (unpaired) electrons. The predicted molar refractivity (Wildman–Crippen MR) is 166 cm³/mol. The van der Waals surface area contributed by atoms with Gasteiger partial charge in [0.15, 0.2) is 14.6 Å². The van der Waals surface area contributed by atoms with E-state index in [4.69, 9.17) is 13.9 Å². The zero-order chi connectivity index (χ0) is 29.8. The summed E-state index contributed by atoms with van der Waals surface area (Å²) in [5.74, 6) is 0.354. The van der Waals surface area contributed by atoms with Crippen LogP contribution in [0.2, 0.25) is 18.1 Å². The van der Waals surface area contributed by atoms with Crippen molar-refractivity contribution in [3.8, 4) is 0 Å². The molecule has 1 aliphatic carbocycles. The number of allylic oxidation sites excluding steroid dienone is 2. The number of aliphatic carboxylic acids is 1. The minimum absolute atomic E-state index is 0.0290. The summed E-state index contributed by atoms with van der Waals surface area (Å²) in [6.45, 7) is 16.0. The van der Waals surface area contributed by atoms with Gasteiger partial charge in [-0.3, -0.25) is 0 Å². The Morgan fingerprint density at radius 3 is 2.42 bits per heavy atom. The van der Waals surface area contributed by atoms with E-state index >= 15 is 0 Å². The van der Waals surface area contributed by atoms with Gasteiger partial charge in [0.2, 0.25) is 0 Å². The standard InChI is InChI=1S/C33H62O6Si/c1-8-9-11-17-25(2)18-16-20-27-26(28(34)24-30(27)38-31-22-14-15-23-37-31)19-12-10-13-21-29(32(35)36)39-40(6,7)33(3,4)5/h10,12,25-31,34H,8-9,11,13-24H2,1-7H3,(H,35,36)/t25?,26-,27-,28+,29?,30?,31?/m1/s1. The first kappa shape index (κ1) is 35.5. The van der Waals surface area contributed by atoms with E-state index < -0.39 is 20.4 Å². The van der Waals surface area contributed by atoms with Crippen LogP contribution in [0.15, 0.2) is 12.2 Å². The van der Waals surface area contributed by atoms with Crippen molar-refractivity contribution in [1.29, 1.82) is 0 Å². The van der Waals surface area contributed by atoms with E-state index in [0.717, 1.165) is 44.6 Å². The quantitative estimate of drug-likeness (QED) is 0.0957. The lowest BCUT2D eigenvalue weighted by atomic mass is 9.85. The number of carboxylic acid groups (broad SMARTS) is 1. The molecule has 6 nitrogen and oxygen atoms in total. The highest BCUT2D eigenvalue weighted by atomic mass is 28.4. The second-order valence-electron chi connectivity index (χ2n) is 14.1. The summed E-state index contributed by atoms with van der Waals surface area (Å²) < 4.78 is 18.6. The molecule has 0 amide bonds. The van der Waals surface area contributed by atoms with E-state index in [0.29, 0.717) is 25.2 Å². The monoisotopic (exact) mass is 582 g/mol. The van der Waals surface area contributed by atoms with Gasteiger partial charge in [-0.15, -0.1) is 0 Å². The van der Waals surface area contributed by atoms with Crippen LogP contribution in [0.4, 0.5) is 0 Å². The van der Waals surface area contributed by atoms with Crippen LogP contribution in [0, 0.1) is 17.8 Å². The molecular formula is C33H62O6Si. The Kier molecular flexibility index (Phi) is 15.4. The van der Waals surface area contributed by atoms with Crippen LogP contribution < -0.4 is 0 Å². The van der Waals surface area contributed by atoms with Crippen molar-refractivity contribution in [2.45, 2.75) is 167 Å². The second-order valence-corrected chi connectivity index (χ2v) is 18.9. The minimum atomic E-state index is -2.16. The fourth-order valence-electron chi connectivity index (χ4n) is 6.02. The van der Waals surface area contributed by atoms with Crippen LogP contribution in [0.3, 0.4) is 0 Å². The molecule has 0 aromatic carbocycles. The van der Waals surface area contributed by atoms with Crippen molar-refractivity contribution in [2.75, 3.05) is 6.61 Å². The van der Waals surface area contributed by atoms with Gasteiger partial charge in [0.25, 0.3) is 0 Å². The number of aliphatic hydroxyl groups excluding tert-OH is 1. The first-order chi connectivity index (χ1) is 18.9. The van der Waals surface area contributed by atoms with E-state index in [9.17, 15) is 15.0 Å². The van der Waals surface area contributed by atoms with Crippen molar-refractivity contribution in [3.05, 3.63) is 12.2 Å². The fraction of sp³-hybridized carbons (Fsp3) is 0.909. The molecule has 4 unspecified atom stereocenters. The first-order valence-electron chi connectivity index (χ1n) is 16.4. The third-order valence-corrected chi connectivity index (χ3v) is 14.2. The lowest BCUT2D eigenvalue weighted by Gasteiger charge is -2.38. The van der Waals surface area contributed by atoms with E-state index in [1.165, 1.54) is 38.5 Å². The van der Waals surface area contributed by atoms with Crippen LogP contribution >= 0.6 is 0 Å². The largest absolute Gasteiger partial charge is 0.479 e. The molecule has 2 aliphatic rings. The van der Waals surface area contributed by atoms with Crippen molar-refractivity contribution in [3.63, 3.8) is 0 Å². The highest BCUT2D eigenvalue weighted by Gasteiger charge is 2.43. The molecule has 234 valence electrons. The summed E-state index contributed by atoms with van der Waals surface area (Å²) in [6.07, 6.45) is 17.5.